The fourth-order valence-corrected chi connectivity index (χ4v) is 1.89. The van der Waals surface area contributed by atoms with Crippen LogP contribution in [-0.2, 0) is 12.8 Å². The second kappa shape index (κ2) is 3.29. The molecule has 2 nitrogen and oxygen atoms in total. The number of nitrogen functional groups attached to an aromatic ring is 1. The summed E-state index contributed by atoms with van der Waals surface area (Å²) < 4.78 is 5.57. The fraction of sp³-hybridized carbons (Fsp3) is 0.455. The Bertz CT molecular complexity index is 320. The van der Waals surface area contributed by atoms with Crippen LogP contribution in [-0.4, -0.2) is 6.61 Å². The van der Waals surface area contributed by atoms with Crippen molar-refractivity contribution in [1.29, 1.82) is 0 Å². The molecule has 2 N–H and O–H groups in total. The number of hydrogen-bond acceptors (Lipinski definition) is 2. The van der Waals surface area contributed by atoms with Gasteiger partial charge in [-0.15, -0.1) is 0 Å². The van der Waals surface area contributed by atoms with E-state index in [0.29, 0.717) is 0 Å². The van der Waals surface area contributed by atoms with Gasteiger partial charge in [-0.05, 0) is 36.5 Å². The lowest BCUT2D eigenvalue weighted by molar-refractivity contribution is 0.289. The van der Waals surface area contributed by atoms with Crippen LogP contribution in [0.1, 0.15) is 24.5 Å². The second-order valence-electron chi connectivity index (χ2n) is 3.43. The van der Waals surface area contributed by atoms with Crippen molar-refractivity contribution in [2.75, 3.05) is 12.3 Å². The smallest absolute Gasteiger partial charge is 0.145 e. The van der Waals surface area contributed by atoms with Crippen LogP contribution < -0.4 is 10.5 Å². The third kappa shape index (κ3) is 1.37. The molecule has 0 unspecified atom stereocenters. The molecule has 0 atom stereocenters. The van der Waals surface area contributed by atoms with Crippen molar-refractivity contribution < 1.29 is 4.74 Å². The van der Waals surface area contributed by atoms with Gasteiger partial charge in [0.05, 0.1) is 12.3 Å². The molecule has 1 aromatic carbocycles. The summed E-state index contributed by atoms with van der Waals surface area (Å²) >= 11 is 0. The minimum absolute atomic E-state index is 0.784. The third-order valence-electron chi connectivity index (χ3n) is 2.59. The molecule has 0 saturated heterocycles. The number of ether oxygens (including phenoxy) is 1. The summed E-state index contributed by atoms with van der Waals surface area (Å²) in [7, 11) is 0. The summed E-state index contributed by atoms with van der Waals surface area (Å²) in [5, 5.41) is 0. The number of fused-ring (bicyclic) bond motifs is 1. The predicted octanol–water partition coefficient (Wildman–Crippen LogP) is 2.16. The highest BCUT2D eigenvalue weighted by Crippen LogP contribution is 2.33. The van der Waals surface area contributed by atoms with Gasteiger partial charge in [-0.1, -0.05) is 13.0 Å². The topological polar surface area (TPSA) is 35.2 Å². The van der Waals surface area contributed by atoms with E-state index in [-0.39, 0.29) is 0 Å². The molecule has 1 aromatic rings. The standard InChI is InChI=1S/C11H15NO/c1-2-8-5-6-10(12)11-9(8)4-3-7-13-11/h5-6H,2-4,7,12H2,1H3. The van der Waals surface area contributed by atoms with Crippen LogP contribution in [0.15, 0.2) is 12.1 Å². The van der Waals surface area contributed by atoms with Crippen LogP contribution in [0.5, 0.6) is 5.75 Å². The van der Waals surface area contributed by atoms with Crippen LogP contribution in [0, 0.1) is 0 Å². The quantitative estimate of drug-likeness (QED) is 0.667. The van der Waals surface area contributed by atoms with Gasteiger partial charge >= 0.3 is 0 Å². The number of aryl methyl sites for hydroxylation is 1. The Balaban J connectivity index is 2.52. The van der Waals surface area contributed by atoms with E-state index >= 15 is 0 Å². The van der Waals surface area contributed by atoms with Gasteiger partial charge in [-0.2, -0.15) is 0 Å². The average molecular weight is 177 g/mol. The molecule has 0 fully saturated rings. The minimum atomic E-state index is 0.784. The van der Waals surface area contributed by atoms with Crippen LogP contribution in [0.3, 0.4) is 0 Å². The van der Waals surface area contributed by atoms with E-state index in [2.05, 4.69) is 13.0 Å². The Morgan fingerprint density at radius 3 is 3.08 bits per heavy atom. The highest BCUT2D eigenvalue weighted by atomic mass is 16.5. The van der Waals surface area contributed by atoms with Crippen LogP contribution in [0.4, 0.5) is 5.69 Å². The van der Waals surface area contributed by atoms with Gasteiger partial charge in [0.2, 0.25) is 0 Å². The Morgan fingerprint density at radius 2 is 2.31 bits per heavy atom. The highest BCUT2D eigenvalue weighted by Gasteiger charge is 2.15. The fourth-order valence-electron chi connectivity index (χ4n) is 1.89. The lowest BCUT2D eigenvalue weighted by Gasteiger charge is -2.21. The van der Waals surface area contributed by atoms with Crippen LogP contribution in [0.25, 0.3) is 0 Å². The SMILES string of the molecule is CCc1ccc(N)c2c1CCCO2. The number of hydrogen-bond donors (Lipinski definition) is 1. The molecule has 1 aliphatic heterocycles. The molecule has 0 aromatic heterocycles. The van der Waals surface area contributed by atoms with Gasteiger partial charge in [0, 0.05) is 0 Å². The molecule has 0 saturated carbocycles. The first-order valence-electron chi connectivity index (χ1n) is 4.86. The molecule has 0 aliphatic carbocycles. The highest BCUT2D eigenvalue weighted by molar-refractivity contribution is 5.60. The minimum Gasteiger partial charge on any atom is -0.491 e. The third-order valence-corrected chi connectivity index (χ3v) is 2.59. The van der Waals surface area contributed by atoms with E-state index in [1.165, 1.54) is 11.1 Å². The van der Waals surface area contributed by atoms with E-state index in [1.807, 2.05) is 6.07 Å². The van der Waals surface area contributed by atoms with Crippen molar-refractivity contribution in [2.45, 2.75) is 26.2 Å². The molecule has 13 heavy (non-hydrogen) atoms. The molecule has 2 heteroatoms. The zero-order valence-corrected chi connectivity index (χ0v) is 7.97. The molecular weight excluding hydrogens is 162 g/mol. The van der Waals surface area contributed by atoms with Crippen molar-refractivity contribution in [3.05, 3.63) is 23.3 Å². The number of nitrogens with two attached hydrogens (primary N) is 1. The maximum absolute atomic E-state index is 5.84. The van der Waals surface area contributed by atoms with Crippen LogP contribution >= 0.6 is 0 Å². The second-order valence-corrected chi connectivity index (χ2v) is 3.43. The summed E-state index contributed by atoms with van der Waals surface area (Å²) in [5.41, 5.74) is 9.33. The van der Waals surface area contributed by atoms with Crippen molar-refractivity contribution in [2.24, 2.45) is 0 Å². The zero-order valence-electron chi connectivity index (χ0n) is 7.97. The summed E-state index contributed by atoms with van der Waals surface area (Å²) in [5.74, 6) is 0.936. The molecular formula is C11H15NO. The first-order chi connectivity index (χ1) is 6.33. The molecule has 0 spiro atoms. The van der Waals surface area contributed by atoms with Gasteiger partial charge in [0.1, 0.15) is 5.75 Å². The predicted molar refractivity (Wildman–Crippen MR) is 54.0 cm³/mol. The average Bonchev–Trinajstić information content (AvgIpc) is 2.19. The Hall–Kier alpha value is -1.18. The molecule has 2 rings (SSSR count). The molecule has 0 radical (unpaired) electrons. The van der Waals surface area contributed by atoms with E-state index in [1.54, 1.807) is 0 Å². The maximum Gasteiger partial charge on any atom is 0.145 e. The van der Waals surface area contributed by atoms with Crippen molar-refractivity contribution in [1.82, 2.24) is 0 Å². The van der Waals surface area contributed by atoms with E-state index in [4.69, 9.17) is 10.5 Å². The summed E-state index contributed by atoms with van der Waals surface area (Å²) in [6, 6.07) is 4.06. The first kappa shape index (κ1) is 8.42. The van der Waals surface area contributed by atoms with Crippen molar-refractivity contribution in [3.8, 4) is 5.75 Å². The molecule has 0 bridgehead atoms. The lowest BCUT2D eigenvalue weighted by Crippen LogP contribution is -2.12. The Morgan fingerprint density at radius 1 is 1.46 bits per heavy atom. The van der Waals surface area contributed by atoms with Crippen LogP contribution in [0.2, 0.25) is 0 Å². The van der Waals surface area contributed by atoms with E-state index < -0.39 is 0 Å². The zero-order chi connectivity index (χ0) is 9.26. The number of benzene rings is 1. The molecule has 70 valence electrons. The lowest BCUT2D eigenvalue weighted by atomic mass is 9.97. The normalized spacial score (nSPS) is 14.8. The Labute approximate surface area is 78.7 Å². The number of anilines is 1. The van der Waals surface area contributed by atoms with Gasteiger partial charge in [0.15, 0.2) is 0 Å². The summed E-state index contributed by atoms with van der Waals surface area (Å²) in [4.78, 5) is 0. The molecule has 1 aliphatic rings. The van der Waals surface area contributed by atoms with Crippen molar-refractivity contribution >= 4 is 5.69 Å². The first-order valence-corrected chi connectivity index (χ1v) is 4.86. The largest absolute Gasteiger partial charge is 0.491 e. The monoisotopic (exact) mass is 177 g/mol. The van der Waals surface area contributed by atoms with Gasteiger partial charge < -0.3 is 10.5 Å². The van der Waals surface area contributed by atoms with E-state index in [0.717, 1.165) is 37.3 Å². The van der Waals surface area contributed by atoms with Crippen molar-refractivity contribution in [3.63, 3.8) is 0 Å². The summed E-state index contributed by atoms with van der Waals surface area (Å²) in [6.07, 6.45) is 3.29. The van der Waals surface area contributed by atoms with E-state index in [9.17, 15) is 0 Å². The van der Waals surface area contributed by atoms with Gasteiger partial charge in [-0.3, -0.25) is 0 Å². The maximum atomic E-state index is 5.84. The molecule has 1 heterocycles. The van der Waals surface area contributed by atoms with Gasteiger partial charge in [-0.25, -0.2) is 0 Å². The summed E-state index contributed by atoms with van der Waals surface area (Å²) in [6.45, 7) is 2.98. The Kier molecular flexibility index (Phi) is 2.13. The molecule has 0 amide bonds. The number of rotatable bonds is 1. The van der Waals surface area contributed by atoms with Gasteiger partial charge in [0.25, 0.3) is 0 Å².